The average Bonchev–Trinajstić information content (AvgIpc) is 2.95. The van der Waals surface area contributed by atoms with E-state index in [9.17, 15) is 4.79 Å². The largest absolute Gasteiger partial charge is 0.356 e. The number of carbonyl (C=O) groups excluding carboxylic acids is 1. The van der Waals surface area contributed by atoms with Crippen LogP contribution in [-0.4, -0.2) is 61.0 Å². The number of benzene rings is 1. The lowest BCUT2D eigenvalue weighted by Crippen LogP contribution is -2.39. The van der Waals surface area contributed by atoms with Crippen LogP contribution in [0.25, 0.3) is 0 Å². The van der Waals surface area contributed by atoms with Crippen molar-refractivity contribution in [3.05, 3.63) is 57.8 Å². The first-order valence-corrected chi connectivity index (χ1v) is 9.64. The van der Waals surface area contributed by atoms with E-state index in [0.717, 1.165) is 35.5 Å². The zero-order valence-corrected chi connectivity index (χ0v) is 21.0. The van der Waals surface area contributed by atoms with E-state index < -0.39 is 0 Å². The molecule has 1 aromatic carbocycles. The maximum atomic E-state index is 12.1. The van der Waals surface area contributed by atoms with Crippen LogP contribution in [0.15, 0.2) is 46.0 Å². The highest BCUT2D eigenvalue weighted by Gasteiger charge is 2.11. The van der Waals surface area contributed by atoms with Gasteiger partial charge in [-0.3, -0.25) is 9.79 Å². The van der Waals surface area contributed by atoms with Crippen molar-refractivity contribution >= 4 is 51.8 Å². The van der Waals surface area contributed by atoms with Crippen LogP contribution in [-0.2, 0) is 20.0 Å². The van der Waals surface area contributed by atoms with Crippen LogP contribution < -0.4 is 5.32 Å². The molecule has 0 fully saturated rings. The standard InChI is InChI=1S/C20H28BrN5O.HI/c1-22-20(26(5)14-18-12-17(21)13-25(18)4)23-10-9-15-7-6-8-16(11-15)19(27)24(2)3;/h6-8,11-13H,9-10,14H2,1-5H3,(H,22,23);1H. The number of nitrogens with one attached hydrogen (secondary N) is 1. The molecule has 0 atom stereocenters. The van der Waals surface area contributed by atoms with Gasteiger partial charge >= 0.3 is 0 Å². The number of halogens is 2. The van der Waals surface area contributed by atoms with Crippen LogP contribution >= 0.6 is 39.9 Å². The molecule has 0 aliphatic heterocycles. The Hall–Kier alpha value is -1.55. The minimum atomic E-state index is 0. The summed E-state index contributed by atoms with van der Waals surface area (Å²) in [5.41, 5.74) is 3.04. The second-order valence-corrected chi connectivity index (χ2v) is 7.66. The fraction of sp³-hybridized carbons (Fsp3) is 0.400. The average molecular weight is 562 g/mol. The molecule has 1 N–H and O–H groups in total. The number of rotatable bonds is 6. The molecule has 0 spiro atoms. The Balaban J connectivity index is 0.00000392. The van der Waals surface area contributed by atoms with E-state index in [2.05, 4.69) is 41.8 Å². The van der Waals surface area contributed by atoms with Crippen LogP contribution in [0.5, 0.6) is 0 Å². The Labute approximate surface area is 193 Å². The zero-order valence-electron chi connectivity index (χ0n) is 17.1. The molecule has 0 unspecified atom stereocenters. The van der Waals surface area contributed by atoms with Crippen molar-refractivity contribution in [1.29, 1.82) is 0 Å². The van der Waals surface area contributed by atoms with E-state index in [-0.39, 0.29) is 29.9 Å². The molecule has 8 heteroatoms. The summed E-state index contributed by atoms with van der Waals surface area (Å²) in [6.07, 6.45) is 2.86. The molecule has 0 saturated heterocycles. The van der Waals surface area contributed by atoms with Gasteiger partial charge in [0, 0.05) is 63.7 Å². The van der Waals surface area contributed by atoms with Crippen molar-refractivity contribution < 1.29 is 4.79 Å². The smallest absolute Gasteiger partial charge is 0.253 e. The molecule has 1 amide bonds. The summed E-state index contributed by atoms with van der Waals surface area (Å²) >= 11 is 3.51. The highest BCUT2D eigenvalue weighted by Crippen LogP contribution is 2.15. The Bertz CT molecular complexity index is 819. The lowest BCUT2D eigenvalue weighted by Gasteiger charge is -2.22. The lowest BCUT2D eigenvalue weighted by molar-refractivity contribution is 0.0827. The second kappa shape index (κ2) is 11.5. The van der Waals surface area contributed by atoms with Crippen molar-refractivity contribution in [2.45, 2.75) is 13.0 Å². The predicted octanol–water partition coefficient (Wildman–Crippen LogP) is 3.36. The highest BCUT2D eigenvalue weighted by atomic mass is 127. The van der Waals surface area contributed by atoms with Gasteiger partial charge in [-0.1, -0.05) is 12.1 Å². The Morgan fingerprint density at radius 2 is 1.96 bits per heavy atom. The normalized spacial score (nSPS) is 11.0. The molecule has 0 bridgehead atoms. The first kappa shape index (κ1) is 24.5. The molecule has 0 aliphatic carbocycles. The molecule has 0 aliphatic rings. The Morgan fingerprint density at radius 3 is 2.54 bits per heavy atom. The zero-order chi connectivity index (χ0) is 20.0. The Kier molecular flexibility index (Phi) is 10.0. The molecule has 1 aromatic heterocycles. The van der Waals surface area contributed by atoms with Gasteiger partial charge in [-0.05, 0) is 46.1 Å². The molecule has 28 heavy (non-hydrogen) atoms. The third-order valence-electron chi connectivity index (χ3n) is 4.32. The van der Waals surface area contributed by atoms with Crippen LogP contribution in [0.3, 0.4) is 0 Å². The number of aliphatic imine (C=N–C) groups is 1. The first-order chi connectivity index (χ1) is 12.8. The van der Waals surface area contributed by atoms with Crippen LogP contribution in [0.4, 0.5) is 0 Å². The summed E-state index contributed by atoms with van der Waals surface area (Å²) < 4.78 is 3.17. The number of aryl methyl sites for hydroxylation is 1. The minimum Gasteiger partial charge on any atom is -0.356 e. The van der Waals surface area contributed by atoms with Gasteiger partial charge < -0.3 is 19.7 Å². The van der Waals surface area contributed by atoms with Crippen molar-refractivity contribution in [1.82, 2.24) is 19.7 Å². The van der Waals surface area contributed by atoms with E-state index in [1.54, 1.807) is 26.0 Å². The van der Waals surface area contributed by atoms with E-state index in [0.29, 0.717) is 5.56 Å². The number of aromatic nitrogens is 1. The van der Waals surface area contributed by atoms with Crippen molar-refractivity contribution in [3.63, 3.8) is 0 Å². The quantitative estimate of drug-likeness (QED) is 0.334. The van der Waals surface area contributed by atoms with Gasteiger partial charge in [0.2, 0.25) is 0 Å². The molecular formula is C20H29BrIN5O. The SMILES string of the molecule is CN=C(NCCc1cccc(C(=O)N(C)C)c1)N(C)Cc1cc(Br)cn1C.I. The summed E-state index contributed by atoms with van der Waals surface area (Å²) in [7, 11) is 9.37. The summed E-state index contributed by atoms with van der Waals surface area (Å²) in [6.45, 7) is 1.50. The number of hydrogen-bond donors (Lipinski definition) is 1. The molecule has 0 radical (unpaired) electrons. The van der Waals surface area contributed by atoms with Gasteiger partial charge in [0.15, 0.2) is 5.96 Å². The number of nitrogens with zero attached hydrogens (tertiary/aromatic N) is 4. The Morgan fingerprint density at radius 1 is 1.25 bits per heavy atom. The highest BCUT2D eigenvalue weighted by molar-refractivity contribution is 14.0. The summed E-state index contributed by atoms with van der Waals surface area (Å²) in [4.78, 5) is 20.2. The molecule has 6 nitrogen and oxygen atoms in total. The summed E-state index contributed by atoms with van der Waals surface area (Å²) in [5.74, 6) is 0.863. The molecule has 2 aromatic rings. The fourth-order valence-corrected chi connectivity index (χ4v) is 3.43. The van der Waals surface area contributed by atoms with Crippen molar-refractivity contribution in [2.24, 2.45) is 12.0 Å². The van der Waals surface area contributed by atoms with E-state index in [1.165, 1.54) is 5.69 Å². The van der Waals surface area contributed by atoms with Crippen LogP contribution in [0.1, 0.15) is 21.6 Å². The van der Waals surface area contributed by atoms with Gasteiger partial charge in [-0.25, -0.2) is 0 Å². The summed E-state index contributed by atoms with van der Waals surface area (Å²) in [6, 6.07) is 9.89. The van der Waals surface area contributed by atoms with Gasteiger partial charge in [0.1, 0.15) is 0 Å². The maximum Gasteiger partial charge on any atom is 0.253 e. The van der Waals surface area contributed by atoms with Gasteiger partial charge in [-0.2, -0.15) is 0 Å². The third kappa shape index (κ3) is 6.80. The number of carbonyl (C=O) groups is 1. The second-order valence-electron chi connectivity index (χ2n) is 6.74. The molecule has 154 valence electrons. The van der Waals surface area contributed by atoms with Gasteiger partial charge in [0.05, 0.1) is 6.54 Å². The van der Waals surface area contributed by atoms with Gasteiger partial charge in [-0.15, -0.1) is 24.0 Å². The van der Waals surface area contributed by atoms with Crippen molar-refractivity contribution in [2.75, 3.05) is 34.7 Å². The molecular weight excluding hydrogens is 533 g/mol. The molecule has 1 heterocycles. The lowest BCUT2D eigenvalue weighted by atomic mass is 10.1. The molecule has 2 rings (SSSR count). The predicted molar refractivity (Wildman–Crippen MR) is 130 cm³/mol. The van der Waals surface area contributed by atoms with Crippen molar-refractivity contribution in [3.8, 4) is 0 Å². The summed E-state index contributed by atoms with van der Waals surface area (Å²) in [5, 5.41) is 3.40. The van der Waals surface area contributed by atoms with E-state index >= 15 is 0 Å². The number of guanidine groups is 1. The topological polar surface area (TPSA) is 52.9 Å². The monoisotopic (exact) mass is 561 g/mol. The van der Waals surface area contributed by atoms with E-state index in [1.807, 2.05) is 44.6 Å². The fourth-order valence-electron chi connectivity index (χ4n) is 2.86. The van der Waals surface area contributed by atoms with E-state index in [4.69, 9.17) is 0 Å². The third-order valence-corrected chi connectivity index (χ3v) is 4.76. The molecule has 0 saturated carbocycles. The van der Waals surface area contributed by atoms with Crippen LogP contribution in [0, 0.1) is 0 Å². The number of amides is 1. The van der Waals surface area contributed by atoms with Gasteiger partial charge in [0.25, 0.3) is 5.91 Å². The number of hydrogen-bond acceptors (Lipinski definition) is 2. The van der Waals surface area contributed by atoms with Crippen LogP contribution in [0.2, 0.25) is 0 Å². The maximum absolute atomic E-state index is 12.1. The first-order valence-electron chi connectivity index (χ1n) is 8.85. The minimum absolute atomic E-state index is 0.